The van der Waals surface area contributed by atoms with E-state index in [4.69, 9.17) is 5.26 Å². The molecule has 2 aliphatic carbocycles. The number of nitriles is 1. The van der Waals surface area contributed by atoms with Gasteiger partial charge in [-0.15, -0.1) is 11.3 Å². The largest absolute Gasteiger partial charge is 0.349 e. The summed E-state index contributed by atoms with van der Waals surface area (Å²) in [6.45, 7) is 0. The molecule has 1 N–H and O–H groups in total. The number of hydrogen-bond acceptors (Lipinski definition) is 4. The monoisotopic (exact) mass is 350 g/mol. The SMILES string of the molecule is N#CCc1sc2c(c1C(=O)NC1CC1)CCC(c1ccccc1)C2=O. The summed E-state index contributed by atoms with van der Waals surface area (Å²) in [5.41, 5.74) is 2.47. The second-order valence-electron chi connectivity index (χ2n) is 6.66. The third kappa shape index (κ3) is 2.98. The zero-order chi connectivity index (χ0) is 17.4. The Balaban J connectivity index is 1.71. The van der Waals surface area contributed by atoms with Gasteiger partial charge in [-0.3, -0.25) is 9.59 Å². The fraction of sp³-hybridized carbons (Fsp3) is 0.350. The number of ketones is 1. The summed E-state index contributed by atoms with van der Waals surface area (Å²) < 4.78 is 0. The minimum Gasteiger partial charge on any atom is -0.349 e. The molecule has 0 bridgehead atoms. The second-order valence-corrected chi connectivity index (χ2v) is 7.76. The lowest BCUT2D eigenvalue weighted by Gasteiger charge is -2.22. The molecule has 1 fully saturated rings. The molecule has 1 aromatic carbocycles. The Hall–Kier alpha value is -2.45. The van der Waals surface area contributed by atoms with E-state index in [-0.39, 0.29) is 30.1 Å². The highest BCUT2D eigenvalue weighted by Crippen LogP contribution is 2.40. The lowest BCUT2D eigenvalue weighted by atomic mass is 9.81. The van der Waals surface area contributed by atoms with E-state index in [1.165, 1.54) is 11.3 Å². The van der Waals surface area contributed by atoms with Crippen molar-refractivity contribution < 1.29 is 9.59 Å². The zero-order valence-corrected chi connectivity index (χ0v) is 14.6. The van der Waals surface area contributed by atoms with E-state index in [2.05, 4.69) is 11.4 Å². The number of hydrogen-bond donors (Lipinski definition) is 1. The number of nitrogens with one attached hydrogen (secondary N) is 1. The molecule has 5 heteroatoms. The van der Waals surface area contributed by atoms with Crippen LogP contribution in [0.15, 0.2) is 30.3 Å². The van der Waals surface area contributed by atoms with Crippen LogP contribution >= 0.6 is 11.3 Å². The molecular weight excluding hydrogens is 332 g/mol. The van der Waals surface area contributed by atoms with E-state index < -0.39 is 0 Å². The molecule has 4 rings (SSSR count). The number of carbonyl (C=O) groups is 2. The van der Waals surface area contributed by atoms with E-state index in [1.807, 2.05) is 30.3 Å². The average molecular weight is 350 g/mol. The van der Waals surface area contributed by atoms with Crippen LogP contribution in [-0.4, -0.2) is 17.7 Å². The van der Waals surface area contributed by atoms with Crippen LogP contribution in [0.2, 0.25) is 0 Å². The average Bonchev–Trinajstić information content (AvgIpc) is 3.35. The predicted octanol–water partition coefficient (Wildman–Crippen LogP) is 3.62. The van der Waals surface area contributed by atoms with E-state index in [0.717, 1.165) is 28.8 Å². The fourth-order valence-electron chi connectivity index (χ4n) is 3.48. The van der Waals surface area contributed by atoms with Crippen molar-refractivity contribution in [1.29, 1.82) is 5.26 Å². The van der Waals surface area contributed by atoms with Crippen LogP contribution in [0.5, 0.6) is 0 Å². The second kappa shape index (κ2) is 6.45. The van der Waals surface area contributed by atoms with E-state index in [0.29, 0.717) is 23.3 Å². The maximum atomic E-state index is 13.0. The highest BCUT2D eigenvalue weighted by atomic mass is 32.1. The minimum atomic E-state index is -0.151. The fourth-order valence-corrected chi connectivity index (χ4v) is 4.75. The molecule has 0 aliphatic heterocycles. The van der Waals surface area contributed by atoms with Gasteiger partial charge in [-0.1, -0.05) is 30.3 Å². The van der Waals surface area contributed by atoms with Crippen molar-refractivity contribution in [3.8, 4) is 6.07 Å². The first-order chi connectivity index (χ1) is 12.2. The van der Waals surface area contributed by atoms with Crippen molar-refractivity contribution in [3.05, 3.63) is 56.8 Å². The number of nitrogens with zero attached hydrogens (tertiary/aromatic N) is 1. The lowest BCUT2D eigenvalue weighted by molar-refractivity contribution is 0.0948. The number of thiophene rings is 1. The van der Waals surface area contributed by atoms with Crippen molar-refractivity contribution in [2.45, 2.75) is 44.1 Å². The Bertz CT molecular complexity index is 875. The van der Waals surface area contributed by atoms with Gasteiger partial charge in [0.1, 0.15) is 0 Å². The molecule has 1 saturated carbocycles. The Morgan fingerprint density at radius 1 is 1.24 bits per heavy atom. The van der Waals surface area contributed by atoms with Gasteiger partial charge in [0.15, 0.2) is 5.78 Å². The molecule has 1 amide bonds. The maximum absolute atomic E-state index is 13.0. The molecule has 2 aliphatic rings. The maximum Gasteiger partial charge on any atom is 0.252 e. The molecule has 0 spiro atoms. The van der Waals surface area contributed by atoms with Gasteiger partial charge in [0.25, 0.3) is 5.91 Å². The quantitative estimate of drug-likeness (QED) is 0.915. The van der Waals surface area contributed by atoms with E-state index in [9.17, 15) is 9.59 Å². The van der Waals surface area contributed by atoms with Gasteiger partial charge in [0, 0.05) is 16.8 Å². The summed E-state index contributed by atoms with van der Waals surface area (Å²) in [5, 5.41) is 12.1. The number of benzene rings is 1. The topological polar surface area (TPSA) is 70.0 Å². The normalized spacial score (nSPS) is 19.2. The summed E-state index contributed by atoms with van der Waals surface area (Å²) in [5.74, 6) is -0.181. The van der Waals surface area contributed by atoms with Crippen LogP contribution in [0.4, 0.5) is 0 Å². The number of amides is 1. The standard InChI is InChI=1S/C20H18N2O2S/c21-11-10-16-17(20(24)22-13-6-7-13)15-9-8-14(18(23)19(15)25-16)12-4-2-1-3-5-12/h1-5,13-14H,6-10H2,(H,22,24). The van der Waals surface area contributed by atoms with Gasteiger partial charge in [0.05, 0.1) is 22.9 Å². The van der Waals surface area contributed by atoms with Crippen LogP contribution in [0.25, 0.3) is 0 Å². The third-order valence-corrected chi connectivity index (χ3v) is 6.13. The molecule has 1 atom stereocenters. The van der Waals surface area contributed by atoms with Crippen LogP contribution in [0, 0.1) is 11.3 Å². The van der Waals surface area contributed by atoms with Crippen LogP contribution < -0.4 is 5.32 Å². The molecule has 4 nitrogen and oxygen atoms in total. The van der Waals surface area contributed by atoms with Crippen molar-refractivity contribution in [1.82, 2.24) is 5.32 Å². The molecule has 1 aromatic heterocycles. The summed E-state index contributed by atoms with van der Waals surface area (Å²) in [7, 11) is 0. The lowest BCUT2D eigenvalue weighted by Crippen LogP contribution is -2.28. The van der Waals surface area contributed by atoms with E-state index >= 15 is 0 Å². The molecule has 126 valence electrons. The highest BCUT2D eigenvalue weighted by Gasteiger charge is 2.36. The van der Waals surface area contributed by atoms with Gasteiger partial charge in [-0.05, 0) is 36.8 Å². The van der Waals surface area contributed by atoms with Gasteiger partial charge >= 0.3 is 0 Å². The number of Topliss-reactive ketones (excluding diaryl/α,β-unsaturated/α-hetero) is 1. The van der Waals surface area contributed by atoms with Crippen molar-refractivity contribution in [2.24, 2.45) is 0 Å². The van der Waals surface area contributed by atoms with Crippen LogP contribution in [0.3, 0.4) is 0 Å². The van der Waals surface area contributed by atoms with E-state index in [1.54, 1.807) is 0 Å². The number of rotatable bonds is 4. The zero-order valence-electron chi connectivity index (χ0n) is 13.7. The summed E-state index contributed by atoms with van der Waals surface area (Å²) in [6, 6.07) is 12.2. The van der Waals surface area contributed by atoms with Crippen LogP contribution in [-0.2, 0) is 12.8 Å². The first-order valence-corrected chi connectivity index (χ1v) is 9.42. The molecule has 1 unspecified atom stereocenters. The minimum absolute atomic E-state index is 0.0853. The van der Waals surface area contributed by atoms with Gasteiger partial charge in [0.2, 0.25) is 0 Å². The number of fused-ring (bicyclic) bond motifs is 1. The van der Waals surface area contributed by atoms with Crippen molar-refractivity contribution in [2.75, 3.05) is 0 Å². The Morgan fingerprint density at radius 2 is 2.00 bits per heavy atom. The van der Waals surface area contributed by atoms with Crippen LogP contribution in [0.1, 0.15) is 61.2 Å². The third-order valence-electron chi connectivity index (χ3n) is 4.88. The Kier molecular flexibility index (Phi) is 4.14. The highest BCUT2D eigenvalue weighted by molar-refractivity contribution is 7.14. The van der Waals surface area contributed by atoms with Gasteiger partial charge in [-0.2, -0.15) is 5.26 Å². The van der Waals surface area contributed by atoms with Crippen molar-refractivity contribution >= 4 is 23.0 Å². The molecule has 2 aromatic rings. The Labute approximate surface area is 150 Å². The summed E-state index contributed by atoms with van der Waals surface area (Å²) >= 11 is 1.34. The van der Waals surface area contributed by atoms with Gasteiger partial charge < -0.3 is 5.32 Å². The first-order valence-electron chi connectivity index (χ1n) is 8.60. The first kappa shape index (κ1) is 16.0. The smallest absolute Gasteiger partial charge is 0.252 e. The molecule has 25 heavy (non-hydrogen) atoms. The van der Waals surface area contributed by atoms with Gasteiger partial charge in [-0.25, -0.2) is 0 Å². The molecular formula is C20H18N2O2S. The molecule has 1 heterocycles. The predicted molar refractivity (Wildman–Crippen MR) is 96.0 cm³/mol. The summed E-state index contributed by atoms with van der Waals surface area (Å²) in [4.78, 5) is 27.1. The Morgan fingerprint density at radius 3 is 2.68 bits per heavy atom. The molecule has 0 saturated heterocycles. The molecule has 0 radical (unpaired) electrons. The van der Waals surface area contributed by atoms with Crippen molar-refractivity contribution in [3.63, 3.8) is 0 Å². The number of carbonyl (C=O) groups excluding carboxylic acids is 2. The summed E-state index contributed by atoms with van der Waals surface area (Å²) in [6.07, 6.45) is 3.62.